The second-order valence-electron chi connectivity index (χ2n) is 5.27. The Balaban J connectivity index is 2.11. The van der Waals surface area contributed by atoms with Gasteiger partial charge in [-0.3, -0.25) is 10.4 Å². The average Bonchev–Trinajstić information content (AvgIpc) is 2.99. The summed E-state index contributed by atoms with van der Waals surface area (Å²) in [6.45, 7) is 6.12. The number of hydrogen-bond acceptors (Lipinski definition) is 4. The van der Waals surface area contributed by atoms with Crippen LogP contribution in [0.1, 0.15) is 39.0 Å². The van der Waals surface area contributed by atoms with Gasteiger partial charge >= 0.3 is 0 Å². The van der Waals surface area contributed by atoms with Gasteiger partial charge in [-0.2, -0.15) is 0 Å². The third kappa shape index (κ3) is 7.07. The van der Waals surface area contributed by atoms with Gasteiger partial charge in [0.05, 0.1) is 0 Å². The van der Waals surface area contributed by atoms with Crippen molar-refractivity contribution in [2.45, 2.75) is 45.1 Å². The SMILES string of the molecule is CCOCCCN=C(NN)NCCN(C)C1CCCC1. The van der Waals surface area contributed by atoms with E-state index in [-0.39, 0.29) is 0 Å². The van der Waals surface area contributed by atoms with E-state index in [1.807, 2.05) is 6.92 Å². The molecule has 0 aliphatic heterocycles. The fourth-order valence-corrected chi connectivity index (χ4v) is 2.53. The summed E-state index contributed by atoms with van der Waals surface area (Å²) >= 11 is 0. The van der Waals surface area contributed by atoms with Crippen molar-refractivity contribution in [3.05, 3.63) is 0 Å². The lowest BCUT2D eigenvalue weighted by molar-refractivity contribution is 0.146. The fraction of sp³-hybridized carbons (Fsp3) is 0.929. The van der Waals surface area contributed by atoms with Crippen molar-refractivity contribution in [3.63, 3.8) is 0 Å². The normalized spacial score (nSPS) is 16.9. The molecule has 1 saturated carbocycles. The molecule has 0 bridgehead atoms. The largest absolute Gasteiger partial charge is 0.382 e. The molecular weight excluding hydrogens is 254 g/mol. The molecule has 0 amide bonds. The maximum absolute atomic E-state index is 5.46. The first-order chi connectivity index (χ1) is 9.77. The highest BCUT2D eigenvalue weighted by Crippen LogP contribution is 2.21. The predicted octanol–water partition coefficient (Wildman–Crippen LogP) is 0.696. The van der Waals surface area contributed by atoms with E-state index >= 15 is 0 Å². The molecule has 1 rings (SSSR count). The van der Waals surface area contributed by atoms with E-state index in [0.29, 0.717) is 5.96 Å². The molecule has 0 unspecified atom stereocenters. The number of ether oxygens (including phenoxy) is 1. The summed E-state index contributed by atoms with van der Waals surface area (Å²) in [5.74, 6) is 6.13. The van der Waals surface area contributed by atoms with E-state index in [4.69, 9.17) is 10.6 Å². The Morgan fingerprint density at radius 3 is 2.80 bits per heavy atom. The van der Waals surface area contributed by atoms with Crippen molar-refractivity contribution in [3.8, 4) is 0 Å². The van der Waals surface area contributed by atoms with Gasteiger partial charge in [-0.05, 0) is 33.2 Å². The van der Waals surface area contributed by atoms with Crippen LogP contribution in [0.25, 0.3) is 0 Å². The number of guanidine groups is 1. The summed E-state index contributed by atoms with van der Waals surface area (Å²) in [6.07, 6.45) is 6.34. The lowest BCUT2D eigenvalue weighted by Crippen LogP contribution is -2.45. The molecule has 1 aliphatic rings. The van der Waals surface area contributed by atoms with E-state index in [9.17, 15) is 0 Å². The van der Waals surface area contributed by atoms with Crippen LogP contribution in [-0.4, -0.2) is 56.8 Å². The van der Waals surface area contributed by atoms with Gasteiger partial charge < -0.3 is 15.0 Å². The number of rotatable bonds is 9. The summed E-state index contributed by atoms with van der Waals surface area (Å²) < 4.78 is 5.27. The molecule has 0 aromatic heterocycles. The molecule has 0 atom stereocenters. The van der Waals surface area contributed by atoms with Gasteiger partial charge in [0, 0.05) is 38.9 Å². The van der Waals surface area contributed by atoms with Gasteiger partial charge in [-0.15, -0.1) is 0 Å². The highest BCUT2D eigenvalue weighted by Gasteiger charge is 2.18. The molecule has 6 heteroatoms. The topological polar surface area (TPSA) is 74.9 Å². The van der Waals surface area contributed by atoms with Gasteiger partial charge in [-0.1, -0.05) is 12.8 Å². The monoisotopic (exact) mass is 285 g/mol. The molecule has 20 heavy (non-hydrogen) atoms. The zero-order valence-corrected chi connectivity index (χ0v) is 13.0. The van der Waals surface area contributed by atoms with E-state index < -0.39 is 0 Å². The quantitative estimate of drug-likeness (QED) is 0.191. The molecule has 6 nitrogen and oxygen atoms in total. The van der Waals surface area contributed by atoms with E-state index in [2.05, 4.69) is 27.7 Å². The van der Waals surface area contributed by atoms with Crippen molar-refractivity contribution in [1.29, 1.82) is 0 Å². The molecule has 0 aromatic carbocycles. The standard InChI is InChI=1S/C14H31N5O/c1-3-20-12-6-9-16-14(18-15)17-10-11-19(2)13-7-4-5-8-13/h13H,3-12,15H2,1-2H3,(H2,16,17,18). The second kappa shape index (κ2) is 10.9. The molecule has 4 N–H and O–H groups in total. The Labute approximate surface area is 123 Å². The van der Waals surface area contributed by atoms with E-state index in [0.717, 1.165) is 45.3 Å². The predicted molar refractivity (Wildman–Crippen MR) is 83.6 cm³/mol. The summed E-state index contributed by atoms with van der Waals surface area (Å²) in [5.41, 5.74) is 2.62. The minimum atomic E-state index is 0.668. The van der Waals surface area contributed by atoms with Crippen LogP contribution in [-0.2, 0) is 4.74 Å². The van der Waals surface area contributed by atoms with Gasteiger partial charge in [-0.25, -0.2) is 5.84 Å². The smallest absolute Gasteiger partial charge is 0.205 e. The van der Waals surface area contributed by atoms with Crippen LogP contribution >= 0.6 is 0 Å². The zero-order valence-electron chi connectivity index (χ0n) is 13.0. The van der Waals surface area contributed by atoms with Crippen LogP contribution in [0.3, 0.4) is 0 Å². The van der Waals surface area contributed by atoms with Crippen molar-refractivity contribution in [1.82, 2.24) is 15.6 Å². The minimum absolute atomic E-state index is 0.668. The molecule has 1 aliphatic carbocycles. The Hall–Kier alpha value is -0.850. The first-order valence-corrected chi connectivity index (χ1v) is 7.80. The van der Waals surface area contributed by atoms with Crippen molar-refractivity contribution in [2.24, 2.45) is 10.8 Å². The molecule has 0 aromatic rings. The Morgan fingerprint density at radius 2 is 2.15 bits per heavy atom. The Morgan fingerprint density at radius 1 is 1.40 bits per heavy atom. The van der Waals surface area contributed by atoms with Crippen LogP contribution in [0.4, 0.5) is 0 Å². The molecule has 0 radical (unpaired) electrons. The number of nitrogens with zero attached hydrogens (tertiary/aromatic N) is 2. The fourth-order valence-electron chi connectivity index (χ4n) is 2.53. The summed E-state index contributed by atoms with van der Waals surface area (Å²) in [5, 5.41) is 3.25. The molecular formula is C14H31N5O. The highest BCUT2D eigenvalue weighted by molar-refractivity contribution is 5.79. The number of nitrogens with two attached hydrogens (primary N) is 1. The third-order valence-corrected chi connectivity index (χ3v) is 3.76. The van der Waals surface area contributed by atoms with Gasteiger partial charge in [0.2, 0.25) is 5.96 Å². The maximum Gasteiger partial charge on any atom is 0.205 e. The third-order valence-electron chi connectivity index (χ3n) is 3.76. The lowest BCUT2D eigenvalue weighted by Gasteiger charge is -2.24. The number of aliphatic imine (C=N–C) groups is 1. The summed E-state index contributed by atoms with van der Waals surface area (Å²) in [4.78, 5) is 6.81. The van der Waals surface area contributed by atoms with Gasteiger partial charge in [0.1, 0.15) is 0 Å². The molecule has 0 saturated heterocycles. The molecule has 0 heterocycles. The molecule has 1 fully saturated rings. The first kappa shape index (κ1) is 17.2. The Kier molecular flexibility index (Phi) is 9.36. The van der Waals surface area contributed by atoms with E-state index in [1.54, 1.807) is 0 Å². The van der Waals surface area contributed by atoms with Crippen LogP contribution in [0.2, 0.25) is 0 Å². The van der Waals surface area contributed by atoms with Gasteiger partial charge in [0.15, 0.2) is 0 Å². The number of hydrazine groups is 1. The molecule has 0 spiro atoms. The van der Waals surface area contributed by atoms with Gasteiger partial charge in [0.25, 0.3) is 0 Å². The van der Waals surface area contributed by atoms with Crippen LogP contribution in [0.15, 0.2) is 4.99 Å². The maximum atomic E-state index is 5.46. The van der Waals surface area contributed by atoms with Crippen molar-refractivity contribution < 1.29 is 4.74 Å². The van der Waals surface area contributed by atoms with Crippen LogP contribution in [0, 0.1) is 0 Å². The lowest BCUT2D eigenvalue weighted by atomic mass is 10.2. The molecule has 118 valence electrons. The summed E-state index contributed by atoms with van der Waals surface area (Å²) in [7, 11) is 2.20. The second-order valence-corrected chi connectivity index (χ2v) is 5.27. The van der Waals surface area contributed by atoms with Crippen LogP contribution < -0.4 is 16.6 Å². The minimum Gasteiger partial charge on any atom is -0.382 e. The number of hydrogen-bond donors (Lipinski definition) is 3. The highest BCUT2D eigenvalue weighted by atomic mass is 16.5. The Bertz CT molecular complexity index is 266. The van der Waals surface area contributed by atoms with E-state index in [1.165, 1.54) is 25.7 Å². The van der Waals surface area contributed by atoms with Crippen molar-refractivity contribution >= 4 is 5.96 Å². The van der Waals surface area contributed by atoms with Crippen LogP contribution in [0.5, 0.6) is 0 Å². The summed E-state index contributed by atoms with van der Waals surface area (Å²) in [6, 6.07) is 0.759. The first-order valence-electron chi connectivity index (χ1n) is 7.80. The average molecular weight is 285 g/mol. The number of nitrogens with one attached hydrogen (secondary N) is 2. The zero-order chi connectivity index (χ0) is 14.6. The number of likely N-dealkylation sites (N-methyl/N-ethyl adjacent to an activating group) is 1. The van der Waals surface area contributed by atoms with Crippen molar-refractivity contribution in [2.75, 3.05) is 39.9 Å².